The maximum Gasteiger partial charge on any atom is 0.244 e. The molecule has 6 fully saturated rings. The van der Waals surface area contributed by atoms with E-state index >= 15 is 0 Å². The number of fused-ring (bicyclic) bond motifs is 1. The zero-order chi connectivity index (χ0) is 15.8. The van der Waals surface area contributed by atoms with E-state index in [4.69, 9.17) is 0 Å². The minimum Gasteiger partial charge on any atom is -0.349 e. The lowest BCUT2D eigenvalue weighted by molar-refractivity contribution is -0.140. The van der Waals surface area contributed by atoms with Gasteiger partial charge in [0.15, 0.2) is 0 Å². The number of hydrogen-bond donors (Lipinski definition) is 1. The van der Waals surface area contributed by atoms with Gasteiger partial charge in [-0.3, -0.25) is 9.59 Å². The molecular weight excluding hydrogens is 308 g/mol. The topological polar surface area (TPSA) is 49.4 Å². The molecule has 4 saturated carbocycles. The van der Waals surface area contributed by atoms with E-state index in [1.165, 1.54) is 38.5 Å². The molecule has 0 aromatic rings. The molecule has 2 aliphatic heterocycles. The summed E-state index contributed by atoms with van der Waals surface area (Å²) < 4.78 is 0. The molecule has 0 unspecified atom stereocenters. The van der Waals surface area contributed by atoms with Crippen molar-refractivity contribution in [1.29, 1.82) is 0 Å². The number of thioether (sulfide) groups is 1. The van der Waals surface area contributed by atoms with Gasteiger partial charge in [-0.2, -0.15) is 0 Å². The lowest BCUT2D eigenvalue weighted by Gasteiger charge is -2.57. The second-order valence-corrected chi connectivity index (χ2v) is 10.5. The first-order chi connectivity index (χ1) is 11.0. The van der Waals surface area contributed by atoms with Gasteiger partial charge in [-0.15, -0.1) is 11.8 Å². The predicted molar refractivity (Wildman–Crippen MR) is 89.8 cm³/mol. The number of amides is 2. The van der Waals surface area contributed by atoms with Gasteiger partial charge in [0, 0.05) is 17.7 Å². The molecule has 6 rings (SSSR count). The van der Waals surface area contributed by atoms with Gasteiger partial charge in [-0.05, 0) is 69.6 Å². The first-order valence-corrected chi connectivity index (χ1v) is 10.2. The van der Waals surface area contributed by atoms with Crippen molar-refractivity contribution in [3.63, 3.8) is 0 Å². The number of hydrogen-bond acceptors (Lipinski definition) is 3. The third kappa shape index (κ3) is 2.11. The molecule has 23 heavy (non-hydrogen) atoms. The van der Waals surface area contributed by atoms with E-state index in [0.717, 1.165) is 29.9 Å². The molecule has 4 nitrogen and oxygen atoms in total. The number of nitrogens with one attached hydrogen (secondary N) is 1. The highest BCUT2D eigenvalue weighted by Crippen LogP contribution is 2.56. The molecule has 2 amide bonds. The van der Waals surface area contributed by atoms with Crippen molar-refractivity contribution in [2.75, 3.05) is 5.75 Å². The number of carbonyl (C=O) groups excluding carboxylic acids is 2. The van der Waals surface area contributed by atoms with Crippen molar-refractivity contribution >= 4 is 23.6 Å². The molecule has 0 aromatic heterocycles. The molecule has 0 radical (unpaired) electrons. The summed E-state index contributed by atoms with van der Waals surface area (Å²) in [5, 5.41) is 3.47. The normalized spacial score (nSPS) is 50.5. The van der Waals surface area contributed by atoms with E-state index in [0.29, 0.717) is 6.42 Å². The van der Waals surface area contributed by atoms with Crippen molar-refractivity contribution in [2.24, 2.45) is 17.8 Å². The predicted octanol–water partition coefficient (Wildman–Crippen LogP) is 2.53. The SMILES string of the molecule is C[C@@]12CCC(=O)N1[C@@H](C(=O)NC13CC4CC(CC(C4)C1)C3)CS2. The average molecular weight is 334 g/mol. The number of carbonyl (C=O) groups is 2. The Hall–Kier alpha value is -0.710. The van der Waals surface area contributed by atoms with Crippen LogP contribution in [0.2, 0.25) is 0 Å². The van der Waals surface area contributed by atoms with Gasteiger partial charge in [-0.25, -0.2) is 0 Å². The third-order valence-corrected chi connectivity index (χ3v) is 8.68. The molecule has 6 aliphatic rings. The summed E-state index contributed by atoms with van der Waals surface area (Å²) in [5.41, 5.74) is 0.0538. The monoisotopic (exact) mass is 334 g/mol. The first kappa shape index (κ1) is 14.6. The molecular formula is C18H26N2O2S. The van der Waals surface area contributed by atoms with Crippen LogP contribution < -0.4 is 5.32 Å². The number of rotatable bonds is 2. The molecule has 4 aliphatic carbocycles. The van der Waals surface area contributed by atoms with E-state index in [1.54, 1.807) is 11.8 Å². The molecule has 4 bridgehead atoms. The van der Waals surface area contributed by atoms with Gasteiger partial charge in [0.2, 0.25) is 11.8 Å². The van der Waals surface area contributed by atoms with Crippen LogP contribution >= 0.6 is 11.8 Å². The van der Waals surface area contributed by atoms with Crippen molar-refractivity contribution in [3.05, 3.63) is 0 Å². The van der Waals surface area contributed by atoms with Crippen LogP contribution in [0.1, 0.15) is 58.3 Å². The minimum atomic E-state index is -0.243. The highest BCUT2D eigenvalue weighted by Gasteiger charge is 2.56. The summed E-state index contributed by atoms with van der Waals surface area (Å²) in [6, 6.07) is -0.243. The van der Waals surface area contributed by atoms with Crippen molar-refractivity contribution in [1.82, 2.24) is 10.2 Å². The third-order valence-electron chi connectivity index (χ3n) is 7.17. The fraction of sp³-hybridized carbons (Fsp3) is 0.889. The van der Waals surface area contributed by atoms with Crippen LogP contribution in [0.25, 0.3) is 0 Å². The Morgan fingerprint density at radius 3 is 2.39 bits per heavy atom. The lowest BCUT2D eigenvalue weighted by Crippen LogP contribution is -2.63. The Kier molecular flexibility index (Phi) is 2.97. The number of nitrogens with zero attached hydrogens (tertiary/aromatic N) is 1. The zero-order valence-electron chi connectivity index (χ0n) is 13.8. The smallest absolute Gasteiger partial charge is 0.244 e. The Bertz CT molecular complexity index is 542. The van der Waals surface area contributed by atoms with Gasteiger partial charge in [0.05, 0.1) is 4.87 Å². The summed E-state index contributed by atoms with van der Waals surface area (Å²) in [7, 11) is 0. The van der Waals surface area contributed by atoms with Crippen LogP contribution in [-0.2, 0) is 9.59 Å². The van der Waals surface area contributed by atoms with Crippen molar-refractivity contribution < 1.29 is 9.59 Å². The molecule has 2 saturated heterocycles. The van der Waals surface area contributed by atoms with E-state index < -0.39 is 0 Å². The Labute approximate surface area is 142 Å². The Morgan fingerprint density at radius 1 is 1.17 bits per heavy atom. The van der Waals surface area contributed by atoms with Gasteiger partial charge in [0.25, 0.3) is 0 Å². The second-order valence-electron chi connectivity index (χ2n) is 8.95. The molecule has 0 spiro atoms. The highest BCUT2D eigenvalue weighted by molar-refractivity contribution is 8.01. The van der Waals surface area contributed by atoms with Crippen molar-refractivity contribution in [3.8, 4) is 0 Å². The van der Waals surface area contributed by atoms with E-state index in [2.05, 4.69) is 12.2 Å². The van der Waals surface area contributed by atoms with Crippen LogP contribution in [0.4, 0.5) is 0 Å². The first-order valence-electron chi connectivity index (χ1n) is 9.25. The maximum absolute atomic E-state index is 13.0. The fourth-order valence-electron chi connectivity index (χ4n) is 6.62. The van der Waals surface area contributed by atoms with Crippen LogP contribution in [0.5, 0.6) is 0 Å². The van der Waals surface area contributed by atoms with Gasteiger partial charge in [-0.1, -0.05) is 0 Å². The molecule has 2 atom stereocenters. The summed E-state index contributed by atoms with van der Waals surface area (Å²) in [6.07, 6.45) is 9.18. The largest absolute Gasteiger partial charge is 0.349 e. The second kappa shape index (κ2) is 4.68. The standard InChI is InChI=1S/C18H26N2O2S/c1-17-3-2-15(21)20(17)14(10-23-17)16(22)19-18-7-11-4-12(8-18)6-13(5-11)9-18/h11-14H,2-10H2,1H3,(H,19,22)/t11?,12?,13?,14-,17-,18?/m1/s1. The lowest BCUT2D eigenvalue weighted by atomic mass is 9.53. The van der Waals surface area contributed by atoms with Crippen LogP contribution in [0.3, 0.4) is 0 Å². The summed E-state index contributed by atoms with van der Waals surface area (Å²) in [6.45, 7) is 2.13. The molecule has 0 aromatic carbocycles. The molecule has 1 N–H and O–H groups in total. The summed E-state index contributed by atoms with van der Waals surface area (Å²) in [5.74, 6) is 3.55. The Balaban J connectivity index is 1.35. The minimum absolute atomic E-state index is 0.0538. The maximum atomic E-state index is 13.0. The average Bonchev–Trinajstić information content (AvgIpc) is 2.94. The molecule has 5 heteroatoms. The quantitative estimate of drug-likeness (QED) is 0.844. The fourth-order valence-corrected chi connectivity index (χ4v) is 8.05. The highest BCUT2D eigenvalue weighted by atomic mass is 32.2. The van der Waals surface area contributed by atoms with Gasteiger partial charge < -0.3 is 10.2 Å². The van der Waals surface area contributed by atoms with Gasteiger partial charge in [0.1, 0.15) is 6.04 Å². The van der Waals surface area contributed by atoms with E-state index in [1.807, 2.05) is 4.90 Å². The van der Waals surface area contributed by atoms with Crippen LogP contribution in [-0.4, -0.2) is 38.9 Å². The Morgan fingerprint density at radius 2 is 1.78 bits per heavy atom. The molecule has 2 heterocycles. The molecule has 126 valence electrons. The van der Waals surface area contributed by atoms with E-state index in [9.17, 15) is 9.59 Å². The van der Waals surface area contributed by atoms with Gasteiger partial charge >= 0.3 is 0 Å². The van der Waals surface area contributed by atoms with Crippen LogP contribution in [0.15, 0.2) is 0 Å². The van der Waals surface area contributed by atoms with Crippen molar-refractivity contribution in [2.45, 2.75) is 74.7 Å². The zero-order valence-corrected chi connectivity index (χ0v) is 14.7. The van der Waals surface area contributed by atoms with Crippen LogP contribution in [0, 0.1) is 17.8 Å². The summed E-state index contributed by atoms with van der Waals surface area (Å²) in [4.78, 5) is 27.1. The van der Waals surface area contributed by atoms with E-state index in [-0.39, 0.29) is 28.3 Å². The summed E-state index contributed by atoms with van der Waals surface area (Å²) >= 11 is 1.79.